The lowest BCUT2D eigenvalue weighted by Gasteiger charge is -2.10. The highest BCUT2D eigenvalue weighted by molar-refractivity contribution is 7.11. The highest BCUT2D eigenvalue weighted by atomic mass is 32.1. The normalized spacial score (nSPS) is 12.2. The maximum atomic E-state index is 12.1. The molecule has 0 aliphatic rings. The first kappa shape index (κ1) is 22.2. The number of aliphatic imine (C=N–C) groups is 1. The SMILES string of the molecule is CCNC(=NCc1ccc(COCC(F)(F)F)cc1)NCc1ncc(CC)s1. The molecule has 5 nitrogen and oxygen atoms in total. The number of aromatic nitrogens is 1. The van der Waals surface area contributed by atoms with E-state index < -0.39 is 12.8 Å². The Bertz CT molecular complexity index is 744. The maximum absolute atomic E-state index is 12.1. The third-order valence-corrected chi connectivity index (χ3v) is 4.82. The van der Waals surface area contributed by atoms with Gasteiger partial charge < -0.3 is 15.4 Å². The summed E-state index contributed by atoms with van der Waals surface area (Å²) in [6.45, 7) is 4.58. The van der Waals surface area contributed by atoms with E-state index in [4.69, 9.17) is 0 Å². The molecule has 9 heteroatoms. The summed E-state index contributed by atoms with van der Waals surface area (Å²) < 4.78 is 41.0. The van der Waals surface area contributed by atoms with Gasteiger partial charge >= 0.3 is 6.18 Å². The second kappa shape index (κ2) is 11.0. The fraction of sp³-hybridized carbons (Fsp3) is 0.474. The molecule has 1 aromatic carbocycles. The Labute approximate surface area is 167 Å². The van der Waals surface area contributed by atoms with E-state index in [1.54, 1.807) is 23.5 Å². The molecule has 0 atom stereocenters. The summed E-state index contributed by atoms with van der Waals surface area (Å²) in [6.07, 6.45) is -1.43. The van der Waals surface area contributed by atoms with E-state index in [1.165, 1.54) is 4.88 Å². The summed E-state index contributed by atoms with van der Waals surface area (Å²) >= 11 is 1.68. The summed E-state index contributed by atoms with van der Waals surface area (Å²) in [7, 11) is 0. The molecule has 1 aromatic heterocycles. The van der Waals surface area contributed by atoms with Crippen molar-refractivity contribution < 1.29 is 17.9 Å². The molecule has 0 fully saturated rings. The number of benzene rings is 1. The highest BCUT2D eigenvalue weighted by Gasteiger charge is 2.27. The van der Waals surface area contributed by atoms with Crippen molar-refractivity contribution in [3.8, 4) is 0 Å². The van der Waals surface area contributed by atoms with E-state index in [0.717, 1.165) is 23.5 Å². The number of rotatable bonds is 9. The van der Waals surface area contributed by atoms with Gasteiger partial charge in [0, 0.05) is 17.6 Å². The molecule has 0 unspecified atom stereocenters. The van der Waals surface area contributed by atoms with Gasteiger partial charge in [-0.1, -0.05) is 31.2 Å². The summed E-state index contributed by atoms with van der Waals surface area (Å²) in [5, 5.41) is 7.45. The zero-order valence-electron chi connectivity index (χ0n) is 16.0. The van der Waals surface area contributed by atoms with Crippen LogP contribution in [0.4, 0.5) is 13.2 Å². The third-order valence-electron chi connectivity index (χ3n) is 3.68. The quantitative estimate of drug-likeness (QED) is 0.480. The van der Waals surface area contributed by atoms with Gasteiger partial charge in [0.15, 0.2) is 5.96 Å². The standard InChI is InChI=1S/C19H25F3N4OS/c1-3-16-10-24-17(28-16)11-26-18(23-4-2)25-9-14-5-7-15(8-6-14)12-27-13-19(20,21)22/h5-8,10H,3-4,9,11-13H2,1-2H3,(H2,23,25,26). The van der Waals surface area contributed by atoms with Crippen LogP contribution in [-0.2, 0) is 30.9 Å². The van der Waals surface area contributed by atoms with Crippen LogP contribution in [-0.4, -0.2) is 30.3 Å². The van der Waals surface area contributed by atoms with Crippen molar-refractivity contribution in [3.63, 3.8) is 0 Å². The molecule has 0 spiro atoms. The van der Waals surface area contributed by atoms with Crippen molar-refractivity contribution in [2.45, 2.75) is 46.1 Å². The van der Waals surface area contributed by atoms with Crippen molar-refractivity contribution in [2.24, 2.45) is 4.99 Å². The van der Waals surface area contributed by atoms with Crippen LogP contribution in [0.15, 0.2) is 35.5 Å². The average Bonchev–Trinajstić information content (AvgIpc) is 3.12. The molecule has 0 bridgehead atoms. The second-order valence-electron chi connectivity index (χ2n) is 6.05. The molecule has 1 heterocycles. The molecule has 0 amide bonds. The summed E-state index contributed by atoms with van der Waals surface area (Å²) in [4.78, 5) is 10.2. The van der Waals surface area contributed by atoms with E-state index in [1.807, 2.05) is 25.3 Å². The molecule has 0 saturated carbocycles. The van der Waals surface area contributed by atoms with Gasteiger partial charge in [-0.2, -0.15) is 13.2 Å². The molecule has 2 rings (SSSR count). The first-order valence-electron chi connectivity index (χ1n) is 9.07. The van der Waals surface area contributed by atoms with Gasteiger partial charge in [0.2, 0.25) is 0 Å². The number of thiazole rings is 1. The van der Waals surface area contributed by atoms with Crippen LogP contribution in [0.5, 0.6) is 0 Å². The van der Waals surface area contributed by atoms with Crippen LogP contribution < -0.4 is 10.6 Å². The Hall–Kier alpha value is -2.13. The van der Waals surface area contributed by atoms with Crippen LogP contribution in [0, 0.1) is 0 Å². The fourth-order valence-electron chi connectivity index (χ4n) is 2.29. The van der Waals surface area contributed by atoms with Crippen LogP contribution in [0.3, 0.4) is 0 Å². The first-order valence-corrected chi connectivity index (χ1v) is 9.89. The number of hydrogen-bond donors (Lipinski definition) is 2. The van der Waals surface area contributed by atoms with Gasteiger partial charge in [0.1, 0.15) is 11.6 Å². The lowest BCUT2D eigenvalue weighted by atomic mass is 10.1. The van der Waals surface area contributed by atoms with Gasteiger partial charge in [0.05, 0.1) is 19.7 Å². The Morgan fingerprint density at radius 3 is 2.46 bits per heavy atom. The fourth-order valence-corrected chi connectivity index (χ4v) is 3.09. The molecule has 28 heavy (non-hydrogen) atoms. The van der Waals surface area contributed by atoms with Gasteiger partial charge in [-0.3, -0.25) is 0 Å². The summed E-state index contributed by atoms with van der Waals surface area (Å²) in [5.41, 5.74) is 1.65. The van der Waals surface area contributed by atoms with Gasteiger partial charge in [0.25, 0.3) is 0 Å². The van der Waals surface area contributed by atoms with E-state index in [-0.39, 0.29) is 6.61 Å². The van der Waals surface area contributed by atoms with E-state index in [9.17, 15) is 13.2 Å². The zero-order chi connectivity index (χ0) is 20.4. The Balaban J connectivity index is 1.85. The Kier molecular flexibility index (Phi) is 8.72. The number of alkyl halides is 3. The first-order chi connectivity index (χ1) is 13.4. The number of nitrogens with zero attached hydrogens (tertiary/aromatic N) is 2. The number of hydrogen-bond acceptors (Lipinski definition) is 4. The van der Waals surface area contributed by atoms with Crippen LogP contribution in [0.2, 0.25) is 0 Å². The van der Waals surface area contributed by atoms with Crippen molar-refractivity contribution in [3.05, 3.63) is 51.5 Å². The topological polar surface area (TPSA) is 58.5 Å². The number of guanidine groups is 1. The average molecular weight is 414 g/mol. The predicted molar refractivity (Wildman–Crippen MR) is 105 cm³/mol. The van der Waals surface area contributed by atoms with Crippen LogP contribution in [0.25, 0.3) is 0 Å². The molecule has 0 saturated heterocycles. The largest absolute Gasteiger partial charge is 0.411 e. The highest BCUT2D eigenvalue weighted by Crippen LogP contribution is 2.16. The van der Waals surface area contributed by atoms with E-state index in [2.05, 4.69) is 32.3 Å². The lowest BCUT2D eigenvalue weighted by molar-refractivity contribution is -0.176. The van der Waals surface area contributed by atoms with Crippen molar-refractivity contribution in [1.82, 2.24) is 15.6 Å². The molecule has 2 aromatic rings. The summed E-state index contributed by atoms with van der Waals surface area (Å²) in [5.74, 6) is 0.688. The number of ether oxygens (including phenoxy) is 1. The van der Waals surface area contributed by atoms with Gasteiger partial charge in [-0.25, -0.2) is 9.98 Å². The summed E-state index contributed by atoms with van der Waals surface area (Å²) in [6, 6.07) is 7.19. The Morgan fingerprint density at radius 1 is 1.14 bits per heavy atom. The van der Waals surface area contributed by atoms with Crippen LogP contribution >= 0.6 is 11.3 Å². The molecular formula is C19H25F3N4OS. The second-order valence-corrected chi connectivity index (χ2v) is 7.25. The number of nitrogens with one attached hydrogen (secondary N) is 2. The minimum absolute atomic E-state index is 0.0686. The number of aryl methyl sites for hydroxylation is 1. The zero-order valence-corrected chi connectivity index (χ0v) is 16.8. The van der Waals surface area contributed by atoms with E-state index >= 15 is 0 Å². The van der Waals surface area contributed by atoms with Crippen LogP contribution in [0.1, 0.15) is 34.9 Å². The van der Waals surface area contributed by atoms with Crippen molar-refractivity contribution >= 4 is 17.3 Å². The molecule has 0 aliphatic carbocycles. The molecule has 0 radical (unpaired) electrons. The Morgan fingerprint density at radius 2 is 1.86 bits per heavy atom. The van der Waals surface area contributed by atoms with Gasteiger partial charge in [-0.15, -0.1) is 11.3 Å². The minimum Gasteiger partial charge on any atom is -0.367 e. The molecular weight excluding hydrogens is 389 g/mol. The molecule has 154 valence electrons. The molecule has 0 aliphatic heterocycles. The minimum atomic E-state index is -4.30. The van der Waals surface area contributed by atoms with Gasteiger partial charge in [-0.05, 0) is 24.5 Å². The smallest absolute Gasteiger partial charge is 0.367 e. The third kappa shape index (κ3) is 8.26. The monoisotopic (exact) mass is 414 g/mol. The maximum Gasteiger partial charge on any atom is 0.411 e. The van der Waals surface area contributed by atoms with E-state index in [0.29, 0.717) is 24.6 Å². The van der Waals surface area contributed by atoms with Crippen molar-refractivity contribution in [2.75, 3.05) is 13.2 Å². The lowest BCUT2D eigenvalue weighted by Crippen LogP contribution is -2.36. The van der Waals surface area contributed by atoms with Crippen molar-refractivity contribution in [1.29, 1.82) is 0 Å². The predicted octanol–water partition coefficient (Wildman–Crippen LogP) is 4.04. The number of halogens is 3. The molecule has 2 N–H and O–H groups in total.